The van der Waals surface area contributed by atoms with Gasteiger partial charge in [0.25, 0.3) is 0 Å². The highest BCUT2D eigenvalue weighted by Gasteiger charge is 2.44. The lowest BCUT2D eigenvalue weighted by atomic mass is 9.97. The molecule has 1 aliphatic rings. The maximum Gasteiger partial charge on any atom is 0.340 e. The summed E-state index contributed by atoms with van der Waals surface area (Å²) in [7, 11) is 2.95. The monoisotopic (exact) mass is 434 g/mol. The molecule has 1 heterocycles. The van der Waals surface area contributed by atoms with E-state index in [1.54, 1.807) is 26.2 Å². The zero-order valence-electron chi connectivity index (χ0n) is 19.1. The molecule has 172 valence electrons. The van der Waals surface area contributed by atoms with Crippen molar-refractivity contribution in [3.05, 3.63) is 54.6 Å². The van der Waals surface area contributed by atoms with Crippen LogP contribution in [0.2, 0.25) is 0 Å². The molecule has 0 N–H and O–H groups in total. The van der Waals surface area contributed by atoms with Crippen LogP contribution in [0.15, 0.2) is 49.1 Å². The summed E-state index contributed by atoms with van der Waals surface area (Å²) in [4.78, 5) is 12.7. The molecule has 0 saturated carbocycles. The minimum atomic E-state index is -1.35. The molecule has 1 aromatic rings. The van der Waals surface area contributed by atoms with Crippen LogP contribution in [0.5, 0.6) is 5.75 Å². The van der Waals surface area contributed by atoms with Gasteiger partial charge in [0.15, 0.2) is 11.4 Å². The molecule has 0 unspecified atom stereocenters. The van der Waals surface area contributed by atoms with E-state index in [1.165, 1.54) is 7.11 Å². The van der Waals surface area contributed by atoms with Gasteiger partial charge in [-0.2, -0.15) is 0 Å². The molecular weight excluding hydrogens is 400 g/mol. The average Bonchev–Trinajstić information content (AvgIpc) is 3.12. The van der Waals surface area contributed by atoms with Crippen LogP contribution in [0.25, 0.3) is 0 Å². The van der Waals surface area contributed by atoms with E-state index in [9.17, 15) is 4.79 Å². The molecule has 0 radical (unpaired) electrons. The van der Waals surface area contributed by atoms with E-state index in [2.05, 4.69) is 6.58 Å². The third-order valence-corrected chi connectivity index (χ3v) is 4.98. The van der Waals surface area contributed by atoms with Gasteiger partial charge in [0, 0.05) is 0 Å². The van der Waals surface area contributed by atoms with Gasteiger partial charge < -0.3 is 28.4 Å². The van der Waals surface area contributed by atoms with Gasteiger partial charge in [-0.3, -0.25) is 0 Å². The van der Waals surface area contributed by atoms with Crippen molar-refractivity contribution < 1.29 is 33.2 Å². The van der Waals surface area contributed by atoms with E-state index in [4.69, 9.17) is 28.4 Å². The molecule has 0 amide bonds. The molecule has 0 aromatic heterocycles. The normalized spacial score (nSPS) is 20.9. The summed E-state index contributed by atoms with van der Waals surface area (Å²) in [5.74, 6) is -0.418. The van der Waals surface area contributed by atoms with Crippen molar-refractivity contribution in [1.82, 2.24) is 0 Å². The Hall–Kier alpha value is -2.19. The Labute approximate surface area is 184 Å². The van der Waals surface area contributed by atoms with E-state index < -0.39 is 23.5 Å². The second-order valence-electron chi connectivity index (χ2n) is 7.86. The van der Waals surface area contributed by atoms with Crippen LogP contribution in [0, 0.1) is 0 Å². The standard InChI is InChI=1S/C24H34O7/c1-7-8-15-29-24(4,22(25)27-6)21(14-13-20-17-30-23(2,3)31-20)28-16-18-9-11-19(26-5)12-10-18/h7,9-14,20-21H,1,8,15-17H2,2-6H3/t20-,21+,24-/m0/s1. The Bertz CT molecular complexity index is 741. The average molecular weight is 435 g/mol. The fourth-order valence-electron chi connectivity index (χ4n) is 3.16. The highest BCUT2D eigenvalue weighted by Crippen LogP contribution is 2.27. The summed E-state index contributed by atoms with van der Waals surface area (Å²) < 4.78 is 33.8. The predicted octanol–water partition coefficient (Wildman–Crippen LogP) is 3.81. The predicted molar refractivity (Wildman–Crippen MR) is 117 cm³/mol. The van der Waals surface area contributed by atoms with E-state index >= 15 is 0 Å². The van der Waals surface area contributed by atoms with Crippen LogP contribution in [0.4, 0.5) is 0 Å². The Morgan fingerprint density at radius 1 is 1.32 bits per heavy atom. The Balaban J connectivity index is 2.22. The molecule has 31 heavy (non-hydrogen) atoms. The van der Waals surface area contributed by atoms with Crippen LogP contribution in [-0.2, 0) is 35.1 Å². The smallest absolute Gasteiger partial charge is 0.340 e. The van der Waals surface area contributed by atoms with Crippen molar-refractivity contribution in [2.75, 3.05) is 27.4 Å². The summed E-state index contributed by atoms with van der Waals surface area (Å²) in [5, 5.41) is 0. The minimum absolute atomic E-state index is 0.253. The van der Waals surface area contributed by atoms with Crippen LogP contribution in [0.1, 0.15) is 32.8 Å². The summed E-state index contributed by atoms with van der Waals surface area (Å²) in [6, 6.07) is 7.53. The van der Waals surface area contributed by atoms with Crippen LogP contribution < -0.4 is 4.74 Å². The molecule has 1 fully saturated rings. The number of carbonyl (C=O) groups excluding carboxylic acids is 1. The molecule has 0 aliphatic carbocycles. The zero-order chi connectivity index (χ0) is 22.9. The number of methoxy groups -OCH3 is 2. The SMILES string of the molecule is C=CCCO[C@](C)(C(=O)OC)[C@@H](C=C[C@H]1COC(C)(C)O1)OCc1ccc(OC)cc1. The fourth-order valence-corrected chi connectivity index (χ4v) is 3.16. The van der Waals surface area contributed by atoms with Gasteiger partial charge in [-0.15, -0.1) is 6.58 Å². The topological polar surface area (TPSA) is 72.5 Å². The van der Waals surface area contributed by atoms with E-state index in [0.717, 1.165) is 11.3 Å². The number of ether oxygens (including phenoxy) is 6. The lowest BCUT2D eigenvalue weighted by Crippen LogP contribution is -2.50. The minimum Gasteiger partial charge on any atom is -0.497 e. The van der Waals surface area contributed by atoms with Crippen molar-refractivity contribution in [2.45, 2.75) is 57.4 Å². The first-order chi connectivity index (χ1) is 14.7. The Kier molecular flexibility index (Phi) is 9.25. The Morgan fingerprint density at radius 2 is 2.03 bits per heavy atom. The molecule has 1 aromatic carbocycles. The molecule has 1 saturated heterocycles. The van der Waals surface area contributed by atoms with E-state index in [0.29, 0.717) is 19.6 Å². The first-order valence-electron chi connectivity index (χ1n) is 10.3. The van der Waals surface area contributed by atoms with Crippen LogP contribution in [-0.4, -0.2) is 57.0 Å². The molecule has 0 spiro atoms. The summed E-state index contributed by atoms with van der Waals surface area (Å²) in [5.41, 5.74) is -0.422. The van der Waals surface area contributed by atoms with Crippen molar-refractivity contribution in [1.29, 1.82) is 0 Å². The maximum atomic E-state index is 12.7. The van der Waals surface area contributed by atoms with Crippen molar-refractivity contribution >= 4 is 5.97 Å². The first-order valence-corrected chi connectivity index (χ1v) is 10.3. The van der Waals surface area contributed by atoms with Crippen molar-refractivity contribution in [3.8, 4) is 5.75 Å². The molecular formula is C24H34O7. The van der Waals surface area contributed by atoms with Gasteiger partial charge in [0.2, 0.25) is 0 Å². The van der Waals surface area contributed by atoms with Gasteiger partial charge in [0.05, 0.1) is 34.0 Å². The second-order valence-corrected chi connectivity index (χ2v) is 7.86. The molecule has 3 atom stereocenters. The zero-order valence-corrected chi connectivity index (χ0v) is 19.1. The number of rotatable bonds is 12. The van der Waals surface area contributed by atoms with Crippen molar-refractivity contribution in [3.63, 3.8) is 0 Å². The largest absolute Gasteiger partial charge is 0.497 e. The van der Waals surface area contributed by atoms with Crippen LogP contribution >= 0.6 is 0 Å². The number of hydrogen-bond acceptors (Lipinski definition) is 7. The number of carbonyl (C=O) groups is 1. The van der Waals surface area contributed by atoms with E-state index in [1.807, 2.05) is 44.2 Å². The number of esters is 1. The van der Waals surface area contributed by atoms with Gasteiger partial charge in [-0.05, 0) is 44.9 Å². The second kappa shape index (κ2) is 11.4. The van der Waals surface area contributed by atoms with Gasteiger partial charge >= 0.3 is 5.97 Å². The summed E-state index contributed by atoms with van der Waals surface area (Å²) in [6.07, 6.45) is 4.97. The summed E-state index contributed by atoms with van der Waals surface area (Å²) in [6.45, 7) is 10.1. The van der Waals surface area contributed by atoms with Gasteiger partial charge in [-0.1, -0.05) is 30.4 Å². The third kappa shape index (κ3) is 7.18. The molecule has 2 rings (SSSR count). The van der Waals surface area contributed by atoms with Crippen molar-refractivity contribution in [2.24, 2.45) is 0 Å². The Morgan fingerprint density at radius 3 is 2.58 bits per heavy atom. The van der Waals surface area contributed by atoms with E-state index in [-0.39, 0.29) is 12.7 Å². The molecule has 0 bridgehead atoms. The summed E-state index contributed by atoms with van der Waals surface area (Å²) >= 11 is 0. The van der Waals surface area contributed by atoms with Crippen LogP contribution in [0.3, 0.4) is 0 Å². The highest BCUT2D eigenvalue weighted by molar-refractivity contribution is 5.80. The van der Waals surface area contributed by atoms with Gasteiger partial charge in [-0.25, -0.2) is 4.79 Å². The lowest BCUT2D eigenvalue weighted by Gasteiger charge is -2.33. The fraction of sp³-hybridized carbons (Fsp3) is 0.542. The maximum absolute atomic E-state index is 12.7. The third-order valence-electron chi connectivity index (χ3n) is 4.98. The number of hydrogen-bond donors (Lipinski definition) is 0. The quantitative estimate of drug-likeness (QED) is 0.281. The molecule has 7 heteroatoms. The first kappa shape index (κ1) is 25.1. The molecule has 7 nitrogen and oxygen atoms in total. The highest BCUT2D eigenvalue weighted by atomic mass is 16.7. The lowest BCUT2D eigenvalue weighted by molar-refractivity contribution is -0.184. The molecule has 1 aliphatic heterocycles. The number of benzene rings is 1. The van der Waals surface area contributed by atoms with Gasteiger partial charge in [0.1, 0.15) is 18.0 Å².